The molecule has 0 amide bonds. The number of ether oxygens (including phenoxy) is 1. The lowest BCUT2D eigenvalue weighted by Crippen LogP contribution is -1.93. The van der Waals surface area contributed by atoms with Crippen LogP contribution >= 0.6 is 0 Å². The van der Waals surface area contributed by atoms with Gasteiger partial charge in [0.25, 0.3) is 0 Å². The summed E-state index contributed by atoms with van der Waals surface area (Å²) in [6.45, 7) is 3.54. The highest BCUT2D eigenvalue weighted by atomic mass is 32.2. The lowest BCUT2D eigenvalue weighted by atomic mass is 10.2. The second-order valence-corrected chi connectivity index (χ2v) is 3.30. The summed E-state index contributed by atoms with van der Waals surface area (Å²) in [5.74, 6) is 0.558. The highest BCUT2D eigenvalue weighted by molar-refractivity contribution is 7.79. The maximum absolute atomic E-state index is 10.9. The SMILES string of the molecule is C=Cc1ccc(OC)cc1S(=O)O. The van der Waals surface area contributed by atoms with E-state index in [1.54, 1.807) is 12.1 Å². The molecular formula is C9H10O3S. The van der Waals surface area contributed by atoms with Gasteiger partial charge in [0.05, 0.1) is 12.0 Å². The molecule has 3 nitrogen and oxygen atoms in total. The minimum atomic E-state index is -2.00. The van der Waals surface area contributed by atoms with Crippen LogP contribution in [0.5, 0.6) is 5.75 Å². The van der Waals surface area contributed by atoms with Crippen LogP contribution < -0.4 is 4.74 Å². The van der Waals surface area contributed by atoms with E-state index in [4.69, 9.17) is 9.29 Å². The zero-order valence-electron chi connectivity index (χ0n) is 7.19. The van der Waals surface area contributed by atoms with Gasteiger partial charge in [-0.3, -0.25) is 0 Å². The van der Waals surface area contributed by atoms with Gasteiger partial charge in [0.1, 0.15) is 5.75 Å². The number of hydrogen-bond acceptors (Lipinski definition) is 2. The van der Waals surface area contributed by atoms with Gasteiger partial charge in [-0.05, 0) is 17.7 Å². The summed E-state index contributed by atoms with van der Waals surface area (Å²) in [6, 6.07) is 4.93. The van der Waals surface area contributed by atoms with Crippen LogP contribution in [0.4, 0.5) is 0 Å². The lowest BCUT2D eigenvalue weighted by Gasteiger charge is -2.04. The first-order chi connectivity index (χ1) is 6.19. The first-order valence-electron chi connectivity index (χ1n) is 3.60. The van der Waals surface area contributed by atoms with E-state index < -0.39 is 11.1 Å². The molecular weight excluding hydrogens is 188 g/mol. The van der Waals surface area contributed by atoms with Crippen molar-refractivity contribution >= 4 is 17.2 Å². The van der Waals surface area contributed by atoms with E-state index in [1.807, 2.05) is 0 Å². The van der Waals surface area contributed by atoms with Crippen molar-refractivity contribution in [1.82, 2.24) is 0 Å². The molecule has 1 rings (SSSR count). The van der Waals surface area contributed by atoms with Crippen LogP contribution in [0.25, 0.3) is 6.08 Å². The Morgan fingerprint density at radius 2 is 2.31 bits per heavy atom. The normalized spacial score (nSPS) is 12.2. The monoisotopic (exact) mass is 198 g/mol. The predicted octanol–water partition coefficient (Wildman–Crippen LogP) is 1.92. The summed E-state index contributed by atoms with van der Waals surface area (Å²) in [5, 5.41) is 0. The lowest BCUT2D eigenvalue weighted by molar-refractivity contribution is 0.413. The van der Waals surface area contributed by atoms with Crippen LogP contribution in [0.3, 0.4) is 0 Å². The topological polar surface area (TPSA) is 46.5 Å². The number of rotatable bonds is 3. The second kappa shape index (κ2) is 4.20. The fourth-order valence-electron chi connectivity index (χ4n) is 0.962. The van der Waals surface area contributed by atoms with Gasteiger partial charge in [-0.1, -0.05) is 18.7 Å². The van der Waals surface area contributed by atoms with Gasteiger partial charge < -0.3 is 9.29 Å². The molecule has 0 aliphatic rings. The fraction of sp³-hybridized carbons (Fsp3) is 0.111. The maximum Gasteiger partial charge on any atom is 0.187 e. The molecule has 1 atom stereocenters. The van der Waals surface area contributed by atoms with E-state index in [0.29, 0.717) is 16.2 Å². The molecule has 0 aliphatic heterocycles. The quantitative estimate of drug-likeness (QED) is 0.755. The van der Waals surface area contributed by atoms with Crippen LogP contribution in [-0.2, 0) is 11.1 Å². The standard InChI is InChI=1S/C9H10O3S/c1-3-7-4-5-8(12-2)6-9(7)13(10)11/h3-6H,1H2,2H3,(H,10,11). The second-order valence-electron chi connectivity index (χ2n) is 2.36. The zero-order valence-corrected chi connectivity index (χ0v) is 8.00. The molecule has 4 heteroatoms. The largest absolute Gasteiger partial charge is 0.497 e. The molecule has 0 saturated carbocycles. The highest BCUT2D eigenvalue weighted by Crippen LogP contribution is 2.20. The van der Waals surface area contributed by atoms with Crippen LogP contribution in [-0.4, -0.2) is 15.9 Å². The minimum absolute atomic E-state index is 0.314. The van der Waals surface area contributed by atoms with E-state index in [0.717, 1.165) is 0 Å². The van der Waals surface area contributed by atoms with E-state index in [9.17, 15) is 4.21 Å². The van der Waals surface area contributed by atoms with Crippen LogP contribution in [0, 0.1) is 0 Å². The van der Waals surface area contributed by atoms with Crippen LogP contribution in [0.2, 0.25) is 0 Å². The molecule has 1 unspecified atom stereocenters. The molecule has 0 aromatic heterocycles. The molecule has 0 bridgehead atoms. The zero-order chi connectivity index (χ0) is 9.84. The number of benzene rings is 1. The van der Waals surface area contributed by atoms with Crippen LogP contribution in [0.1, 0.15) is 5.56 Å². The van der Waals surface area contributed by atoms with Crippen molar-refractivity contribution in [3.05, 3.63) is 30.3 Å². The summed E-state index contributed by atoms with van der Waals surface area (Å²) in [4.78, 5) is 0.314. The molecule has 0 fully saturated rings. The molecule has 70 valence electrons. The molecule has 1 N–H and O–H groups in total. The Hall–Kier alpha value is -1.13. The van der Waals surface area contributed by atoms with Gasteiger partial charge in [-0.25, -0.2) is 4.21 Å². The van der Waals surface area contributed by atoms with Crippen molar-refractivity contribution in [3.8, 4) is 5.75 Å². The highest BCUT2D eigenvalue weighted by Gasteiger charge is 2.06. The molecule has 1 aromatic rings. The summed E-state index contributed by atoms with van der Waals surface area (Å²) in [6.07, 6.45) is 1.53. The average Bonchev–Trinajstić information content (AvgIpc) is 2.16. The Balaban J connectivity index is 3.25. The third-order valence-electron chi connectivity index (χ3n) is 1.63. The Morgan fingerprint density at radius 3 is 2.77 bits per heavy atom. The maximum atomic E-state index is 10.9. The van der Waals surface area contributed by atoms with Crippen molar-refractivity contribution in [2.24, 2.45) is 0 Å². The van der Waals surface area contributed by atoms with Gasteiger partial charge in [0, 0.05) is 0 Å². The van der Waals surface area contributed by atoms with Gasteiger partial charge in [-0.15, -0.1) is 0 Å². The van der Waals surface area contributed by atoms with Crippen molar-refractivity contribution in [2.75, 3.05) is 7.11 Å². The first kappa shape index (κ1) is 9.95. The van der Waals surface area contributed by atoms with E-state index >= 15 is 0 Å². The van der Waals surface area contributed by atoms with Gasteiger partial charge in [0.15, 0.2) is 11.1 Å². The smallest absolute Gasteiger partial charge is 0.187 e. The minimum Gasteiger partial charge on any atom is -0.497 e. The molecule has 1 aromatic carbocycles. The summed E-state index contributed by atoms with van der Waals surface area (Å²) < 4.78 is 24.7. The summed E-state index contributed by atoms with van der Waals surface area (Å²) in [5.41, 5.74) is 0.640. The predicted molar refractivity (Wildman–Crippen MR) is 52.1 cm³/mol. The molecule has 0 radical (unpaired) electrons. The molecule has 0 spiro atoms. The average molecular weight is 198 g/mol. The third-order valence-corrected chi connectivity index (χ3v) is 2.36. The van der Waals surface area contributed by atoms with Crippen LogP contribution in [0.15, 0.2) is 29.7 Å². The number of methoxy groups -OCH3 is 1. The van der Waals surface area contributed by atoms with E-state index in [1.165, 1.54) is 19.3 Å². The fourth-order valence-corrected chi connectivity index (χ4v) is 1.53. The Bertz CT molecular complexity index is 347. The van der Waals surface area contributed by atoms with Gasteiger partial charge in [-0.2, -0.15) is 0 Å². The molecule has 0 saturated heterocycles. The summed E-state index contributed by atoms with van der Waals surface area (Å²) >= 11 is -2.00. The first-order valence-corrected chi connectivity index (χ1v) is 4.71. The molecule has 0 heterocycles. The molecule has 0 aliphatic carbocycles. The van der Waals surface area contributed by atoms with Gasteiger partial charge >= 0.3 is 0 Å². The van der Waals surface area contributed by atoms with E-state index in [2.05, 4.69) is 6.58 Å². The van der Waals surface area contributed by atoms with Crippen molar-refractivity contribution < 1.29 is 13.5 Å². The molecule has 13 heavy (non-hydrogen) atoms. The number of hydrogen-bond donors (Lipinski definition) is 1. The Labute approximate surface area is 79.3 Å². The van der Waals surface area contributed by atoms with E-state index in [-0.39, 0.29) is 0 Å². The Kier molecular flexibility index (Phi) is 3.22. The van der Waals surface area contributed by atoms with Gasteiger partial charge in [0.2, 0.25) is 0 Å². The summed E-state index contributed by atoms with van der Waals surface area (Å²) in [7, 11) is 1.51. The third kappa shape index (κ3) is 2.17. The van der Waals surface area contributed by atoms with Crippen molar-refractivity contribution in [1.29, 1.82) is 0 Å². The van der Waals surface area contributed by atoms with Crippen molar-refractivity contribution in [2.45, 2.75) is 4.90 Å². The van der Waals surface area contributed by atoms with Crippen molar-refractivity contribution in [3.63, 3.8) is 0 Å². The Morgan fingerprint density at radius 1 is 1.62 bits per heavy atom.